The van der Waals surface area contributed by atoms with E-state index in [0.717, 1.165) is 6.26 Å². The molecule has 22 heavy (non-hydrogen) atoms. The van der Waals surface area contributed by atoms with Crippen LogP contribution in [0.4, 0.5) is 0 Å². The van der Waals surface area contributed by atoms with E-state index in [1.807, 2.05) is 0 Å². The molecule has 0 spiro atoms. The molecule has 9 heteroatoms. The molecule has 0 radical (unpaired) electrons. The van der Waals surface area contributed by atoms with Crippen LogP contribution in [0.25, 0.3) is 17.0 Å². The number of pyridine rings is 1. The van der Waals surface area contributed by atoms with Crippen LogP contribution in [-0.4, -0.2) is 45.1 Å². The number of hydrogen-bond acceptors (Lipinski definition) is 6. The highest BCUT2D eigenvalue weighted by atomic mass is 32.2. The van der Waals surface area contributed by atoms with E-state index in [0.29, 0.717) is 11.4 Å². The molecule has 3 heterocycles. The normalized spacial score (nSPS) is 11.7. The van der Waals surface area contributed by atoms with Gasteiger partial charge < -0.3 is 5.11 Å². The Bertz CT molecular complexity index is 994. The Hall–Kier alpha value is -2.81. The van der Waals surface area contributed by atoms with Crippen molar-refractivity contribution in [3.63, 3.8) is 0 Å². The van der Waals surface area contributed by atoms with Crippen molar-refractivity contribution >= 4 is 21.5 Å². The average Bonchev–Trinajstić information content (AvgIpc) is 2.90. The summed E-state index contributed by atoms with van der Waals surface area (Å²) in [4.78, 5) is 23.0. The van der Waals surface area contributed by atoms with Gasteiger partial charge in [0.25, 0.3) is 0 Å². The van der Waals surface area contributed by atoms with Crippen molar-refractivity contribution in [3.8, 4) is 11.4 Å². The number of imidazole rings is 1. The van der Waals surface area contributed by atoms with E-state index >= 15 is 0 Å². The number of carboxylic acid groups (broad SMARTS) is 1. The number of sulfone groups is 1. The summed E-state index contributed by atoms with van der Waals surface area (Å²) in [6, 6.07) is 4.54. The summed E-state index contributed by atoms with van der Waals surface area (Å²) in [5.41, 5.74) is 1.12. The van der Waals surface area contributed by atoms with E-state index in [9.17, 15) is 13.2 Å². The fraction of sp³-hybridized carbons (Fsp3) is 0.0769. The van der Waals surface area contributed by atoms with Gasteiger partial charge in [-0.2, -0.15) is 0 Å². The molecule has 0 aromatic carbocycles. The SMILES string of the molecule is CS(=O)(=O)c1nccc(-c2cnc3c(C(=O)O)cccn23)n1. The quantitative estimate of drug-likeness (QED) is 0.713. The van der Waals surface area contributed by atoms with Crippen LogP contribution in [0.5, 0.6) is 0 Å². The maximum absolute atomic E-state index is 11.5. The van der Waals surface area contributed by atoms with Crippen molar-refractivity contribution in [1.29, 1.82) is 0 Å². The number of fused-ring (bicyclic) bond motifs is 1. The van der Waals surface area contributed by atoms with E-state index in [4.69, 9.17) is 5.11 Å². The first-order valence-corrected chi connectivity index (χ1v) is 8.00. The van der Waals surface area contributed by atoms with Gasteiger partial charge in [-0.3, -0.25) is 4.40 Å². The molecule has 0 saturated heterocycles. The van der Waals surface area contributed by atoms with E-state index in [1.165, 1.54) is 28.9 Å². The largest absolute Gasteiger partial charge is 0.478 e. The minimum Gasteiger partial charge on any atom is -0.478 e. The summed E-state index contributed by atoms with van der Waals surface area (Å²) in [6.07, 6.45) is 5.42. The standard InChI is InChI=1S/C13H10N4O4S/c1-22(20,21)13-14-5-4-9(16-13)10-7-15-11-8(12(18)19)3-2-6-17(10)11/h2-7H,1H3,(H,18,19). The molecule has 0 unspecified atom stereocenters. The van der Waals surface area contributed by atoms with Crippen LogP contribution >= 0.6 is 0 Å². The molecule has 0 fully saturated rings. The van der Waals surface area contributed by atoms with Gasteiger partial charge in [-0.05, 0) is 18.2 Å². The number of carbonyl (C=O) groups is 1. The number of hydrogen-bond donors (Lipinski definition) is 1. The predicted molar refractivity (Wildman–Crippen MR) is 76.3 cm³/mol. The second-order valence-electron chi connectivity index (χ2n) is 4.56. The first kappa shape index (κ1) is 14.1. The average molecular weight is 318 g/mol. The molecular weight excluding hydrogens is 308 g/mol. The summed E-state index contributed by atoms with van der Waals surface area (Å²) < 4.78 is 24.6. The predicted octanol–water partition coefficient (Wildman–Crippen LogP) is 0.893. The lowest BCUT2D eigenvalue weighted by Gasteiger charge is -2.04. The lowest BCUT2D eigenvalue weighted by Crippen LogP contribution is -2.05. The summed E-state index contributed by atoms with van der Waals surface area (Å²) in [5.74, 6) is -1.10. The Morgan fingerprint density at radius 1 is 1.27 bits per heavy atom. The molecule has 0 saturated carbocycles. The van der Waals surface area contributed by atoms with Gasteiger partial charge in [-0.25, -0.2) is 28.2 Å². The molecule has 112 valence electrons. The van der Waals surface area contributed by atoms with E-state index in [-0.39, 0.29) is 16.4 Å². The summed E-state index contributed by atoms with van der Waals surface area (Å²) >= 11 is 0. The van der Waals surface area contributed by atoms with Gasteiger partial charge >= 0.3 is 5.97 Å². The van der Waals surface area contributed by atoms with Crippen molar-refractivity contribution in [2.75, 3.05) is 6.26 Å². The lowest BCUT2D eigenvalue weighted by molar-refractivity contribution is 0.0698. The molecule has 8 nitrogen and oxygen atoms in total. The van der Waals surface area contributed by atoms with Gasteiger partial charge in [0, 0.05) is 18.6 Å². The summed E-state index contributed by atoms with van der Waals surface area (Å²) in [5, 5.41) is 8.86. The molecule has 3 rings (SSSR count). The van der Waals surface area contributed by atoms with E-state index in [2.05, 4.69) is 15.0 Å². The van der Waals surface area contributed by atoms with E-state index < -0.39 is 15.8 Å². The zero-order valence-corrected chi connectivity index (χ0v) is 12.1. The van der Waals surface area contributed by atoms with Crippen LogP contribution in [0.2, 0.25) is 0 Å². The van der Waals surface area contributed by atoms with Crippen LogP contribution in [0, 0.1) is 0 Å². The lowest BCUT2D eigenvalue weighted by atomic mass is 10.2. The summed E-state index contributed by atoms with van der Waals surface area (Å²) in [7, 11) is -3.54. The zero-order valence-electron chi connectivity index (χ0n) is 11.3. The third-order valence-corrected chi connectivity index (χ3v) is 3.85. The smallest absolute Gasteiger partial charge is 0.339 e. The first-order valence-electron chi connectivity index (χ1n) is 6.11. The van der Waals surface area contributed by atoms with Crippen LogP contribution in [0.3, 0.4) is 0 Å². The molecule has 0 atom stereocenters. The second kappa shape index (κ2) is 4.88. The number of aromatic nitrogens is 4. The highest BCUT2D eigenvalue weighted by molar-refractivity contribution is 7.90. The minimum absolute atomic E-state index is 0.0474. The fourth-order valence-electron chi connectivity index (χ4n) is 2.03. The topological polar surface area (TPSA) is 115 Å². The Morgan fingerprint density at radius 3 is 2.73 bits per heavy atom. The first-order chi connectivity index (χ1) is 10.4. The number of nitrogens with zero attached hydrogens (tertiary/aromatic N) is 4. The van der Waals surface area contributed by atoms with Crippen LogP contribution < -0.4 is 0 Å². The Morgan fingerprint density at radius 2 is 2.05 bits per heavy atom. The molecule has 0 aliphatic rings. The van der Waals surface area contributed by atoms with Crippen LogP contribution in [0.1, 0.15) is 10.4 Å². The Balaban J connectivity index is 2.24. The van der Waals surface area contributed by atoms with Crippen molar-refractivity contribution in [2.24, 2.45) is 0 Å². The Kier molecular flexibility index (Phi) is 3.14. The molecule has 3 aromatic rings. The van der Waals surface area contributed by atoms with Crippen LogP contribution in [-0.2, 0) is 9.84 Å². The fourth-order valence-corrected chi connectivity index (χ4v) is 2.55. The second-order valence-corrected chi connectivity index (χ2v) is 6.47. The number of carboxylic acids is 1. The molecule has 0 aliphatic heterocycles. The van der Waals surface area contributed by atoms with Crippen molar-refractivity contribution in [2.45, 2.75) is 5.16 Å². The molecule has 1 N–H and O–H groups in total. The highest BCUT2D eigenvalue weighted by Gasteiger charge is 2.16. The minimum atomic E-state index is -3.54. The molecule has 0 aliphatic carbocycles. The van der Waals surface area contributed by atoms with Gasteiger partial charge in [0.2, 0.25) is 15.0 Å². The van der Waals surface area contributed by atoms with Gasteiger partial charge in [0.15, 0.2) is 5.65 Å². The van der Waals surface area contributed by atoms with Crippen molar-refractivity contribution < 1.29 is 18.3 Å². The maximum Gasteiger partial charge on any atom is 0.339 e. The van der Waals surface area contributed by atoms with Crippen molar-refractivity contribution in [1.82, 2.24) is 19.4 Å². The summed E-state index contributed by atoms with van der Waals surface area (Å²) in [6.45, 7) is 0. The molecular formula is C13H10N4O4S. The third kappa shape index (κ3) is 2.31. The maximum atomic E-state index is 11.5. The molecule has 3 aromatic heterocycles. The molecule has 0 amide bonds. The van der Waals surface area contributed by atoms with Gasteiger partial charge in [0.05, 0.1) is 17.6 Å². The van der Waals surface area contributed by atoms with Gasteiger partial charge in [0.1, 0.15) is 5.56 Å². The van der Waals surface area contributed by atoms with Gasteiger partial charge in [-0.1, -0.05) is 0 Å². The molecule has 0 bridgehead atoms. The van der Waals surface area contributed by atoms with E-state index in [1.54, 1.807) is 12.3 Å². The number of aromatic carboxylic acids is 1. The Labute approximate surface area is 125 Å². The van der Waals surface area contributed by atoms with Crippen molar-refractivity contribution in [3.05, 3.63) is 42.4 Å². The third-order valence-electron chi connectivity index (χ3n) is 2.99. The highest BCUT2D eigenvalue weighted by Crippen LogP contribution is 2.21. The van der Waals surface area contributed by atoms with Gasteiger partial charge in [-0.15, -0.1) is 0 Å². The number of rotatable bonds is 3. The zero-order chi connectivity index (χ0) is 15.9. The monoisotopic (exact) mass is 318 g/mol. The van der Waals surface area contributed by atoms with Crippen LogP contribution in [0.15, 0.2) is 41.9 Å².